The van der Waals surface area contributed by atoms with E-state index in [9.17, 15) is 13.6 Å². The fourth-order valence-corrected chi connectivity index (χ4v) is 3.15. The van der Waals surface area contributed by atoms with Gasteiger partial charge in [-0.15, -0.1) is 0 Å². The van der Waals surface area contributed by atoms with Crippen LogP contribution in [0.15, 0.2) is 48.7 Å². The zero-order valence-corrected chi connectivity index (χ0v) is 18.1. The maximum absolute atomic E-state index is 14.1. The molecule has 0 fully saturated rings. The summed E-state index contributed by atoms with van der Waals surface area (Å²) >= 11 is 0.972. The van der Waals surface area contributed by atoms with Crippen LogP contribution in [0.5, 0.6) is 23.1 Å². The highest BCUT2D eigenvalue weighted by atomic mass is 127. The number of nitrogens with one attached hydrogen (secondary N) is 2. The molecule has 2 heterocycles. The molecular formula is C20H15F2IN4O4. The molecule has 160 valence electrons. The van der Waals surface area contributed by atoms with Crippen molar-refractivity contribution in [2.24, 2.45) is 0 Å². The van der Waals surface area contributed by atoms with E-state index in [1.165, 1.54) is 19.2 Å². The number of hydrogen-bond acceptors (Lipinski definition) is 7. The molecule has 0 saturated heterocycles. The molecule has 1 aliphatic rings. The van der Waals surface area contributed by atoms with E-state index < -0.39 is 15.4 Å². The fraction of sp³-hybridized carbons (Fsp3) is 0.150. The van der Waals surface area contributed by atoms with E-state index in [0.29, 0.717) is 17.2 Å². The average Bonchev–Trinajstić information content (AvgIpc) is 3.21. The number of rotatable bonds is 6. The quantitative estimate of drug-likeness (QED) is 0.349. The minimum Gasteiger partial charge on any atom is -0.454 e. The van der Waals surface area contributed by atoms with Gasteiger partial charge in [-0.1, -0.05) is 12.1 Å². The van der Waals surface area contributed by atoms with Crippen LogP contribution in [0.2, 0.25) is 0 Å². The van der Waals surface area contributed by atoms with E-state index in [0.717, 1.165) is 28.8 Å². The number of para-hydroxylation sites is 1. The van der Waals surface area contributed by atoms with Crippen molar-refractivity contribution in [3.8, 4) is 23.1 Å². The summed E-state index contributed by atoms with van der Waals surface area (Å²) in [6.45, 7) is 0.122. The lowest BCUT2D eigenvalue weighted by atomic mass is 10.2. The largest absolute Gasteiger partial charge is 0.454 e. The summed E-state index contributed by atoms with van der Waals surface area (Å²) in [5.41, 5.74) is 0.211. The Morgan fingerprint density at radius 1 is 1.19 bits per heavy atom. The molecule has 4 rings (SSSR count). The number of anilines is 2. The van der Waals surface area contributed by atoms with Crippen molar-refractivity contribution < 1.29 is 27.8 Å². The average molecular weight is 540 g/mol. The van der Waals surface area contributed by atoms with Crippen molar-refractivity contribution in [2.75, 3.05) is 19.2 Å². The molecule has 2 aromatic carbocycles. The summed E-state index contributed by atoms with van der Waals surface area (Å²) in [7, 11) is 1.46. The topological polar surface area (TPSA) is 94.6 Å². The highest BCUT2D eigenvalue weighted by molar-refractivity contribution is 14.1. The van der Waals surface area contributed by atoms with E-state index in [1.807, 2.05) is 0 Å². The standard InChI is InChI=1S/C20H15F2IN4O4/c1-24-17(28)12-4-2-3-5-14(12)31-18-13(20(21,22)23)9-25-19(27-18)26-11-6-7-15-16(8-11)30-10-29-15/h2-9H,10H2,1H3,(H,24,28)(H,25,26,27). The lowest BCUT2D eigenvalue weighted by Gasteiger charge is -2.16. The predicted octanol–water partition coefficient (Wildman–Crippen LogP) is 4.59. The molecule has 0 unspecified atom stereocenters. The number of benzene rings is 2. The zero-order chi connectivity index (χ0) is 22.0. The van der Waals surface area contributed by atoms with Gasteiger partial charge in [-0.05, 0) is 24.3 Å². The molecule has 31 heavy (non-hydrogen) atoms. The van der Waals surface area contributed by atoms with E-state index >= 15 is 0 Å². The van der Waals surface area contributed by atoms with Gasteiger partial charge in [0.25, 0.3) is 5.91 Å². The number of nitrogens with zero attached hydrogens (tertiary/aromatic N) is 2. The summed E-state index contributed by atoms with van der Waals surface area (Å²) in [6.07, 6.45) is 0.979. The maximum atomic E-state index is 14.1. The van der Waals surface area contributed by atoms with Gasteiger partial charge in [0.2, 0.25) is 18.6 Å². The Bertz CT molecular complexity index is 1140. The first-order valence-electron chi connectivity index (χ1n) is 8.95. The second-order valence-electron chi connectivity index (χ2n) is 6.28. The van der Waals surface area contributed by atoms with Crippen LogP contribution in [-0.2, 0) is 3.93 Å². The van der Waals surface area contributed by atoms with E-state index in [-0.39, 0.29) is 29.9 Å². The van der Waals surface area contributed by atoms with Crippen LogP contribution in [-0.4, -0.2) is 29.7 Å². The molecule has 0 saturated carbocycles. The Hall–Kier alpha value is -3.22. The third-order valence-electron chi connectivity index (χ3n) is 4.25. The van der Waals surface area contributed by atoms with E-state index in [2.05, 4.69) is 20.6 Å². The first-order chi connectivity index (χ1) is 14.8. The van der Waals surface area contributed by atoms with Crippen LogP contribution in [0.25, 0.3) is 0 Å². The second-order valence-corrected chi connectivity index (χ2v) is 7.64. The number of amides is 1. The lowest BCUT2D eigenvalue weighted by molar-refractivity contribution is 0.0960. The Morgan fingerprint density at radius 2 is 1.97 bits per heavy atom. The number of hydrogen-bond donors (Lipinski definition) is 2. The zero-order valence-electron chi connectivity index (χ0n) is 16.0. The highest BCUT2D eigenvalue weighted by Gasteiger charge is 2.33. The summed E-state index contributed by atoms with van der Waals surface area (Å²) in [6, 6.07) is 11.4. The number of fused-ring (bicyclic) bond motifs is 1. The van der Waals surface area contributed by atoms with Gasteiger partial charge in [0.1, 0.15) is 11.3 Å². The van der Waals surface area contributed by atoms with Crippen molar-refractivity contribution in [3.05, 3.63) is 59.8 Å². The van der Waals surface area contributed by atoms with Gasteiger partial charge < -0.3 is 24.8 Å². The van der Waals surface area contributed by atoms with Gasteiger partial charge in [-0.25, -0.2) is 4.98 Å². The van der Waals surface area contributed by atoms with Gasteiger partial charge in [0.05, 0.1) is 5.56 Å². The molecule has 2 N–H and O–H groups in total. The molecule has 0 atom stereocenters. The van der Waals surface area contributed by atoms with Crippen LogP contribution in [0.1, 0.15) is 15.9 Å². The number of carbonyl (C=O) groups is 1. The molecule has 0 bridgehead atoms. The fourth-order valence-electron chi connectivity index (χ4n) is 2.78. The summed E-state index contributed by atoms with van der Waals surface area (Å²) in [5.74, 6) is 0.435. The molecule has 1 aliphatic heterocycles. The number of carbonyl (C=O) groups excluding carboxylic acids is 1. The molecule has 1 aromatic heterocycles. The number of ether oxygens (including phenoxy) is 3. The van der Waals surface area contributed by atoms with Crippen LogP contribution in [0.3, 0.4) is 0 Å². The molecule has 1 amide bonds. The number of aromatic nitrogens is 2. The minimum absolute atomic E-state index is 0.0238. The summed E-state index contributed by atoms with van der Waals surface area (Å²) in [5, 5.41) is 5.40. The molecule has 0 aliphatic carbocycles. The SMILES string of the molecule is CNC(=O)c1ccccc1Oc1nc(Nc2ccc3c(c2)OCO3)ncc1C(F)(F)I. The van der Waals surface area contributed by atoms with Gasteiger partial charge in [-0.3, -0.25) is 4.79 Å². The monoisotopic (exact) mass is 540 g/mol. The third kappa shape index (κ3) is 4.60. The smallest absolute Gasteiger partial charge is 0.328 e. The maximum Gasteiger partial charge on any atom is 0.328 e. The molecule has 3 aromatic rings. The van der Waals surface area contributed by atoms with Crippen LogP contribution < -0.4 is 24.8 Å². The Labute approximate surface area is 189 Å². The summed E-state index contributed by atoms with van der Waals surface area (Å²) in [4.78, 5) is 20.2. The second kappa shape index (κ2) is 8.49. The molecule has 11 heteroatoms. The van der Waals surface area contributed by atoms with Crippen LogP contribution in [0, 0.1) is 0 Å². The van der Waals surface area contributed by atoms with Crippen molar-refractivity contribution in [2.45, 2.75) is 3.93 Å². The summed E-state index contributed by atoms with van der Waals surface area (Å²) < 4.78 is 41.2. The first kappa shape index (κ1) is 21.0. The Kier molecular flexibility index (Phi) is 5.76. The number of halogens is 3. The predicted molar refractivity (Wildman–Crippen MR) is 116 cm³/mol. The Balaban J connectivity index is 1.68. The van der Waals surface area contributed by atoms with E-state index in [1.54, 1.807) is 30.3 Å². The van der Waals surface area contributed by atoms with Gasteiger partial charge in [-0.2, -0.15) is 13.8 Å². The Morgan fingerprint density at radius 3 is 2.74 bits per heavy atom. The highest BCUT2D eigenvalue weighted by Crippen LogP contribution is 2.42. The molecule has 0 spiro atoms. The van der Waals surface area contributed by atoms with Crippen molar-refractivity contribution in [1.29, 1.82) is 0 Å². The lowest BCUT2D eigenvalue weighted by Crippen LogP contribution is -2.18. The van der Waals surface area contributed by atoms with Gasteiger partial charge >= 0.3 is 3.93 Å². The van der Waals surface area contributed by atoms with Crippen LogP contribution in [0.4, 0.5) is 20.4 Å². The van der Waals surface area contributed by atoms with Gasteiger partial charge in [0.15, 0.2) is 11.5 Å². The molecular weight excluding hydrogens is 525 g/mol. The van der Waals surface area contributed by atoms with Crippen molar-refractivity contribution in [3.63, 3.8) is 0 Å². The molecule has 0 radical (unpaired) electrons. The number of alkyl halides is 3. The third-order valence-corrected chi connectivity index (χ3v) is 4.83. The molecule has 8 nitrogen and oxygen atoms in total. The normalized spacial score (nSPS) is 12.4. The van der Waals surface area contributed by atoms with Crippen molar-refractivity contribution >= 4 is 40.1 Å². The van der Waals surface area contributed by atoms with Gasteiger partial charge in [0, 0.05) is 47.6 Å². The van der Waals surface area contributed by atoms with E-state index in [4.69, 9.17) is 14.2 Å². The van der Waals surface area contributed by atoms with Crippen LogP contribution >= 0.6 is 22.6 Å². The minimum atomic E-state index is -3.30. The van der Waals surface area contributed by atoms with Crippen molar-refractivity contribution in [1.82, 2.24) is 15.3 Å². The first-order valence-corrected chi connectivity index (χ1v) is 10.0.